The Morgan fingerprint density at radius 2 is 1.46 bits per heavy atom. The Hall–Kier alpha value is -1.84. The molecule has 4 heteroatoms. The Bertz CT molecular complexity index is 479. The van der Waals surface area contributed by atoms with E-state index in [1.165, 1.54) is 25.7 Å². The minimum atomic E-state index is -0.769. The Kier molecular flexibility index (Phi) is 10.6. The van der Waals surface area contributed by atoms with Gasteiger partial charge in [-0.2, -0.15) is 0 Å². The zero-order valence-electron chi connectivity index (χ0n) is 14.8. The topological polar surface area (TPSA) is 63.6 Å². The molecule has 1 aromatic carbocycles. The van der Waals surface area contributed by atoms with E-state index >= 15 is 0 Å². The second-order valence-electron chi connectivity index (χ2n) is 6.31. The van der Waals surface area contributed by atoms with E-state index in [1.807, 2.05) is 24.3 Å². The Morgan fingerprint density at radius 1 is 0.875 bits per heavy atom. The highest BCUT2D eigenvalue weighted by atomic mass is 16.5. The Labute approximate surface area is 145 Å². The summed E-state index contributed by atoms with van der Waals surface area (Å²) in [6, 6.07) is 7.68. The fourth-order valence-corrected chi connectivity index (χ4v) is 2.55. The average Bonchev–Trinajstić information content (AvgIpc) is 2.55. The third-order valence-electron chi connectivity index (χ3n) is 3.99. The summed E-state index contributed by atoms with van der Waals surface area (Å²) in [6.45, 7) is 2.38. The number of benzene rings is 1. The van der Waals surface area contributed by atoms with Gasteiger partial charge < -0.3 is 14.6 Å². The summed E-state index contributed by atoms with van der Waals surface area (Å²) >= 11 is 0. The third-order valence-corrected chi connectivity index (χ3v) is 3.99. The van der Waals surface area contributed by atoms with Gasteiger partial charge in [-0.1, -0.05) is 44.2 Å². The molecule has 0 heterocycles. The maximum Gasteiger partial charge on any atom is 0.303 e. The minimum absolute atomic E-state index is 0.162. The van der Waals surface area contributed by atoms with Crippen molar-refractivity contribution in [3.05, 3.63) is 29.8 Å². The highest BCUT2D eigenvalue weighted by Crippen LogP contribution is 2.14. The summed E-state index contributed by atoms with van der Waals surface area (Å²) in [6.07, 6.45) is 9.52. The lowest BCUT2D eigenvalue weighted by Crippen LogP contribution is -1.99. The van der Waals surface area contributed by atoms with Crippen LogP contribution in [-0.4, -0.2) is 23.5 Å². The molecular weight excluding hydrogens is 304 g/mol. The number of hydrogen-bond acceptors (Lipinski definition) is 3. The van der Waals surface area contributed by atoms with Gasteiger partial charge >= 0.3 is 5.97 Å². The summed E-state index contributed by atoms with van der Waals surface area (Å²) in [4.78, 5) is 21.3. The number of carboxylic acid groups (broad SMARTS) is 1. The van der Waals surface area contributed by atoms with Crippen LogP contribution in [0.1, 0.15) is 70.3 Å². The molecule has 0 radical (unpaired) electrons. The lowest BCUT2D eigenvalue weighted by molar-refractivity contribution is -0.137. The molecule has 0 atom stereocenters. The van der Waals surface area contributed by atoms with E-state index in [4.69, 9.17) is 9.84 Å². The molecule has 0 fully saturated rings. The predicted molar refractivity (Wildman–Crippen MR) is 95.5 cm³/mol. The number of ketones is 1. The fourth-order valence-electron chi connectivity index (χ4n) is 2.55. The lowest BCUT2D eigenvalue weighted by atomic mass is 10.1. The molecular formula is C20H30O4. The number of ether oxygens (including phenoxy) is 1. The standard InChI is InChI=1S/C20H30O4/c1-17(21)9-7-5-3-2-4-6-8-16-24-19-13-10-18(11-14-19)12-15-20(22)23/h10-11,13-14H,2-9,12,15-16H2,1H3,(H,22,23). The minimum Gasteiger partial charge on any atom is -0.494 e. The molecule has 24 heavy (non-hydrogen) atoms. The Balaban J connectivity index is 1.99. The van der Waals surface area contributed by atoms with E-state index in [9.17, 15) is 9.59 Å². The molecule has 1 rings (SSSR count). The van der Waals surface area contributed by atoms with Crippen molar-refractivity contribution in [2.75, 3.05) is 6.61 Å². The van der Waals surface area contributed by atoms with Gasteiger partial charge in [0.2, 0.25) is 0 Å². The van der Waals surface area contributed by atoms with E-state index in [-0.39, 0.29) is 6.42 Å². The van der Waals surface area contributed by atoms with Gasteiger partial charge in [-0.3, -0.25) is 4.79 Å². The van der Waals surface area contributed by atoms with Gasteiger partial charge in [0.1, 0.15) is 11.5 Å². The highest BCUT2D eigenvalue weighted by molar-refractivity contribution is 5.75. The van der Waals surface area contributed by atoms with E-state index in [2.05, 4.69) is 0 Å². The van der Waals surface area contributed by atoms with Crippen LogP contribution in [0.3, 0.4) is 0 Å². The lowest BCUT2D eigenvalue weighted by Gasteiger charge is -2.07. The molecule has 0 saturated heterocycles. The van der Waals surface area contributed by atoms with Crippen molar-refractivity contribution in [3.63, 3.8) is 0 Å². The van der Waals surface area contributed by atoms with Crippen molar-refractivity contribution in [3.8, 4) is 5.75 Å². The van der Waals surface area contributed by atoms with E-state index < -0.39 is 5.97 Å². The van der Waals surface area contributed by atoms with Crippen molar-refractivity contribution in [1.82, 2.24) is 0 Å². The second-order valence-corrected chi connectivity index (χ2v) is 6.31. The van der Waals surface area contributed by atoms with Crippen LogP contribution in [0.25, 0.3) is 0 Å². The van der Waals surface area contributed by atoms with Crippen molar-refractivity contribution in [2.45, 2.75) is 71.1 Å². The number of aryl methyl sites for hydroxylation is 1. The molecule has 4 nitrogen and oxygen atoms in total. The predicted octanol–water partition coefficient (Wildman–Crippen LogP) is 4.79. The highest BCUT2D eigenvalue weighted by Gasteiger charge is 2.00. The van der Waals surface area contributed by atoms with Crippen LogP contribution in [0, 0.1) is 0 Å². The molecule has 0 saturated carbocycles. The van der Waals surface area contributed by atoms with Gasteiger partial charge in [-0.15, -0.1) is 0 Å². The number of carbonyl (C=O) groups is 2. The Morgan fingerprint density at radius 3 is 2.04 bits per heavy atom. The van der Waals surface area contributed by atoms with Crippen LogP contribution in [0.2, 0.25) is 0 Å². The van der Waals surface area contributed by atoms with Crippen LogP contribution in [0.4, 0.5) is 0 Å². The summed E-state index contributed by atoms with van der Waals surface area (Å²) in [7, 11) is 0. The number of Topliss-reactive ketones (excluding diaryl/α,β-unsaturated/α-hetero) is 1. The summed E-state index contributed by atoms with van der Waals surface area (Å²) in [5.74, 6) is 0.370. The van der Waals surface area contributed by atoms with Crippen molar-refractivity contribution >= 4 is 11.8 Å². The van der Waals surface area contributed by atoms with Crippen LogP contribution in [0.5, 0.6) is 5.75 Å². The first kappa shape index (κ1) is 20.2. The van der Waals surface area contributed by atoms with Crippen molar-refractivity contribution < 1.29 is 19.4 Å². The molecule has 0 aliphatic carbocycles. The van der Waals surface area contributed by atoms with Crippen LogP contribution >= 0.6 is 0 Å². The number of hydrogen-bond donors (Lipinski definition) is 1. The monoisotopic (exact) mass is 334 g/mol. The van der Waals surface area contributed by atoms with Crippen molar-refractivity contribution in [1.29, 1.82) is 0 Å². The maximum absolute atomic E-state index is 10.8. The summed E-state index contributed by atoms with van der Waals surface area (Å²) in [5.41, 5.74) is 1.02. The number of carboxylic acids is 1. The molecule has 0 unspecified atom stereocenters. The van der Waals surface area contributed by atoms with Gasteiger partial charge in [0.15, 0.2) is 0 Å². The molecule has 134 valence electrons. The number of carbonyl (C=O) groups excluding carboxylic acids is 1. The smallest absolute Gasteiger partial charge is 0.303 e. The molecule has 1 aromatic rings. The zero-order valence-corrected chi connectivity index (χ0v) is 14.8. The average molecular weight is 334 g/mol. The first-order valence-corrected chi connectivity index (χ1v) is 9.01. The summed E-state index contributed by atoms with van der Waals surface area (Å²) < 4.78 is 5.70. The van der Waals surface area contributed by atoms with Crippen LogP contribution in [0.15, 0.2) is 24.3 Å². The van der Waals surface area contributed by atoms with Gasteiger partial charge in [0, 0.05) is 12.8 Å². The SMILES string of the molecule is CC(=O)CCCCCCCCCOc1ccc(CCC(=O)O)cc1. The molecule has 0 bridgehead atoms. The van der Waals surface area contributed by atoms with Crippen LogP contribution < -0.4 is 4.74 Å². The van der Waals surface area contributed by atoms with Gasteiger partial charge in [0.25, 0.3) is 0 Å². The first-order valence-electron chi connectivity index (χ1n) is 9.01. The zero-order chi connectivity index (χ0) is 17.6. The van der Waals surface area contributed by atoms with Gasteiger partial charge in [-0.25, -0.2) is 0 Å². The molecule has 0 aromatic heterocycles. The number of unbranched alkanes of at least 4 members (excludes halogenated alkanes) is 6. The van der Waals surface area contributed by atoms with Crippen LogP contribution in [-0.2, 0) is 16.0 Å². The van der Waals surface area contributed by atoms with E-state index in [0.717, 1.165) is 43.6 Å². The normalized spacial score (nSPS) is 10.5. The first-order chi connectivity index (χ1) is 11.6. The molecule has 1 N–H and O–H groups in total. The second kappa shape index (κ2) is 12.6. The maximum atomic E-state index is 10.8. The summed E-state index contributed by atoms with van der Waals surface area (Å²) in [5, 5.41) is 8.66. The molecule has 0 amide bonds. The molecule has 0 spiro atoms. The fraction of sp³-hybridized carbons (Fsp3) is 0.600. The third kappa shape index (κ3) is 10.8. The number of aliphatic carboxylic acids is 1. The van der Waals surface area contributed by atoms with E-state index in [0.29, 0.717) is 12.2 Å². The largest absolute Gasteiger partial charge is 0.494 e. The quantitative estimate of drug-likeness (QED) is 0.497. The van der Waals surface area contributed by atoms with Crippen molar-refractivity contribution in [2.24, 2.45) is 0 Å². The van der Waals surface area contributed by atoms with Gasteiger partial charge in [-0.05, 0) is 43.9 Å². The molecule has 0 aliphatic heterocycles. The van der Waals surface area contributed by atoms with Gasteiger partial charge in [0.05, 0.1) is 6.61 Å². The van der Waals surface area contributed by atoms with E-state index in [1.54, 1.807) is 6.92 Å². The number of rotatable bonds is 14. The molecule has 0 aliphatic rings.